The highest BCUT2D eigenvalue weighted by Gasteiger charge is 2.10. The first-order valence-electron chi connectivity index (χ1n) is 8.46. The van der Waals surface area contributed by atoms with Crippen molar-refractivity contribution >= 4 is 33.2 Å². The number of pyridine rings is 1. The van der Waals surface area contributed by atoms with Crippen molar-refractivity contribution in [2.45, 2.75) is 6.54 Å². The van der Waals surface area contributed by atoms with Gasteiger partial charge in [0.15, 0.2) is 5.65 Å². The summed E-state index contributed by atoms with van der Waals surface area (Å²) in [6.07, 6.45) is 1.61. The maximum atomic E-state index is 12.3. The number of fused-ring (bicyclic) bond motifs is 1. The van der Waals surface area contributed by atoms with E-state index in [9.17, 15) is 9.59 Å². The van der Waals surface area contributed by atoms with E-state index in [1.165, 1.54) is 4.40 Å². The SMILES string of the molecule is O=C(Cn1nc2ccccn2c1=O)Nc1ccc(Oc2ccc(Br)cc2)cc1. The predicted molar refractivity (Wildman–Crippen MR) is 109 cm³/mol. The largest absolute Gasteiger partial charge is 0.457 e. The molecule has 0 saturated carbocycles. The number of hydrogen-bond acceptors (Lipinski definition) is 4. The molecular formula is C20H15BrN4O3. The molecule has 28 heavy (non-hydrogen) atoms. The van der Waals surface area contributed by atoms with E-state index in [2.05, 4.69) is 26.3 Å². The standard InChI is InChI=1S/C20H15BrN4O3/c21-14-4-8-16(9-5-14)28-17-10-6-15(7-11-17)22-19(26)13-25-20(27)24-12-2-1-3-18(24)23-25/h1-12H,13H2,(H,22,26). The second-order valence-electron chi connectivity index (χ2n) is 6.00. The van der Waals surface area contributed by atoms with E-state index in [1.807, 2.05) is 24.3 Å². The summed E-state index contributed by atoms with van der Waals surface area (Å²) in [4.78, 5) is 24.5. The molecule has 2 heterocycles. The van der Waals surface area contributed by atoms with Crippen LogP contribution >= 0.6 is 15.9 Å². The molecule has 0 radical (unpaired) electrons. The lowest BCUT2D eigenvalue weighted by molar-refractivity contribution is -0.117. The van der Waals surface area contributed by atoms with Crippen molar-refractivity contribution in [1.82, 2.24) is 14.2 Å². The summed E-state index contributed by atoms with van der Waals surface area (Å²) in [6, 6.07) is 19.7. The molecule has 0 atom stereocenters. The Bertz CT molecular complexity index is 1180. The zero-order valence-corrected chi connectivity index (χ0v) is 16.2. The molecule has 0 unspecified atom stereocenters. The smallest absolute Gasteiger partial charge is 0.350 e. The van der Waals surface area contributed by atoms with Crippen LogP contribution in [-0.2, 0) is 11.3 Å². The van der Waals surface area contributed by atoms with Gasteiger partial charge >= 0.3 is 5.69 Å². The van der Waals surface area contributed by atoms with E-state index in [4.69, 9.17) is 4.74 Å². The average molecular weight is 439 g/mol. The van der Waals surface area contributed by atoms with Crippen LogP contribution in [0, 0.1) is 0 Å². The highest BCUT2D eigenvalue weighted by atomic mass is 79.9. The summed E-state index contributed by atoms with van der Waals surface area (Å²) in [5.41, 5.74) is 0.740. The Balaban J connectivity index is 1.40. The lowest BCUT2D eigenvalue weighted by Gasteiger charge is -2.08. The van der Waals surface area contributed by atoms with Gasteiger partial charge in [0.2, 0.25) is 5.91 Å². The van der Waals surface area contributed by atoms with Crippen molar-refractivity contribution in [3.8, 4) is 11.5 Å². The highest BCUT2D eigenvalue weighted by molar-refractivity contribution is 9.10. The molecule has 2 aromatic heterocycles. The fourth-order valence-corrected chi connectivity index (χ4v) is 2.92. The van der Waals surface area contributed by atoms with Gasteiger partial charge < -0.3 is 10.1 Å². The van der Waals surface area contributed by atoms with Crippen LogP contribution in [0.1, 0.15) is 0 Å². The number of halogens is 1. The summed E-state index contributed by atoms with van der Waals surface area (Å²) in [7, 11) is 0. The van der Waals surface area contributed by atoms with Crippen molar-refractivity contribution in [2.75, 3.05) is 5.32 Å². The van der Waals surface area contributed by atoms with Crippen LogP contribution < -0.4 is 15.7 Å². The third kappa shape index (κ3) is 3.96. The number of benzene rings is 2. The van der Waals surface area contributed by atoms with Crippen LogP contribution in [-0.4, -0.2) is 20.1 Å². The van der Waals surface area contributed by atoms with Gasteiger partial charge in [0.25, 0.3) is 0 Å². The number of ether oxygens (including phenoxy) is 1. The zero-order chi connectivity index (χ0) is 19.5. The van der Waals surface area contributed by atoms with E-state index in [1.54, 1.807) is 48.7 Å². The van der Waals surface area contributed by atoms with Crippen LogP contribution in [0.25, 0.3) is 5.65 Å². The summed E-state index contributed by atoms with van der Waals surface area (Å²) in [5.74, 6) is 1.02. The van der Waals surface area contributed by atoms with Crippen molar-refractivity contribution in [3.05, 3.63) is 87.9 Å². The molecule has 0 saturated heterocycles. The molecule has 0 bridgehead atoms. The number of amides is 1. The summed E-state index contributed by atoms with van der Waals surface area (Å²) < 4.78 is 9.25. The average Bonchev–Trinajstić information content (AvgIpc) is 3.01. The maximum Gasteiger partial charge on any atom is 0.350 e. The fourth-order valence-electron chi connectivity index (χ4n) is 2.65. The number of carbonyl (C=O) groups excluding carboxylic acids is 1. The second-order valence-corrected chi connectivity index (χ2v) is 6.91. The monoisotopic (exact) mass is 438 g/mol. The van der Waals surface area contributed by atoms with Crippen LogP contribution in [0.2, 0.25) is 0 Å². The summed E-state index contributed by atoms with van der Waals surface area (Å²) in [5, 5.41) is 6.89. The minimum atomic E-state index is -0.357. The van der Waals surface area contributed by atoms with Crippen LogP contribution in [0.15, 0.2) is 82.2 Å². The van der Waals surface area contributed by atoms with Gasteiger partial charge in [-0.2, -0.15) is 0 Å². The van der Waals surface area contributed by atoms with Gasteiger partial charge in [-0.15, -0.1) is 5.10 Å². The topological polar surface area (TPSA) is 77.6 Å². The number of rotatable bonds is 5. The first-order chi connectivity index (χ1) is 13.6. The normalized spacial score (nSPS) is 10.8. The first kappa shape index (κ1) is 18.0. The number of anilines is 1. The molecule has 8 heteroatoms. The van der Waals surface area contributed by atoms with E-state index in [0.717, 1.165) is 9.15 Å². The molecule has 0 aliphatic rings. The molecule has 7 nitrogen and oxygen atoms in total. The minimum absolute atomic E-state index is 0.169. The van der Waals surface area contributed by atoms with Crippen LogP contribution in [0.5, 0.6) is 11.5 Å². The fraction of sp³-hybridized carbons (Fsp3) is 0.0500. The van der Waals surface area contributed by atoms with Crippen molar-refractivity contribution < 1.29 is 9.53 Å². The molecule has 0 aliphatic carbocycles. The molecule has 1 N–H and O–H groups in total. The van der Waals surface area contributed by atoms with E-state index in [0.29, 0.717) is 22.8 Å². The summed E-state index contributed by atoms with van der Waals surface area (Å²) >= 11 is 3.38. The first-order valence-corrected chi connectivity index (χ1v) is 9.25. The molecule has 0 fully saturated rings. The van der Waals surface area contributed by atoms with E-state index in [-0.39, 0.29) is 18.1 Å². The van der Waals surface area contributed by atoms with Gasteiger partial charge in [0.1, 0.15) is 18.0 Å². The van der Waals surface area contributed by atoms with Gasteiger partial charge in [-0.05, 0) is 60.7 Å². The van der Waals surface area contributed by atoms with Crippen molar-refractivity contribution in [3.63, 3.8) is 0 Å². The molecule has 1 amide bonds. The molecule has 0 spiro atoms. The van der Waals surface area contributed by atoms with Gasteiger partial charge in [0, 0.05) is 16.4 Å². The molecule has 4 aromatic rings. The van der Waals surface area contributed by atoms with Gasteiger partial charge in [0.05, 0.1) is 0 Å². The third-order valence-electron chi connectivity index (χ3n) is 3.97. The van der Waals surface area contributed by atoms with Gasteiger partial charge in [-0.1, -0.05) is 22.0 Å². The lowest BCUT2D eigenvalue weighted by Crippen LogP contribution is -2.28. The van der Waals surface area contributed by atoms with E-state index >= 15 is 0 Å². The Morgan fingerprint density at radius 2 is 1.68 bits per heavy atom. The Hall–Kier alpha value is -3.39. The Kier molecular flexibility index (Phi) is 4.94. The molecule has 2 aromatic carbocycles. The molecule has 0 aliphatic heterocycles. The number of hydrogen-bond donors (Lipinski definition) is 1. The zero-order valence-electron chi connectivity index (χ0n) is 14.6. The van der Waals surface area contributed by atoms with Crippen LogP contribution in [0.4, 0.5) is 5.69 Å². The lowest BCUT2D eigenvalue weighted by atomic mass is 10.3. The minimum Gasteiger partial charge on any atom is -0.457 e. The van der Waals surface area contributed by atoms with Crippen LogP contribution in [0.3, 0.4) is 0 Å². The molecular weight excluding hydrogens is 424 g/mol. The third-order valence-corrected chi connectivity index (χ3v) is 4.50. The van der Waals surface area contributed by atoms with Gasteiger partial charge in [-0.3, -0.25) is 9.20 Å². The Labute approximate surface area is 168 Å². The number of aromatic nitrogens is 3. The number of nitrogens with one attached hydrogen (secondary N) is 1. The molecule has 4 rings (SSSR count). The highest BCUT2D eigenvalue weighted by Crippen LogP contribution is 2.24. The Morgan fingerprint density at radius 1 is 1.00 bits per heavy atom. The van der Waals surface area contributed by atoms with Crippen molar-refractivity contribution in [2.24, 2.45) is 0 Å². The summed E-state index contributed by atoms with van der Waals surface area (Å²) in [6.45, 7) is -0.169. The van der Waals surface area contributed by atoms with Gasteiger partial charge in [-0.25, -0.2) is 9.48 Å². The molecule has 140 valence electrons. The quantitative estimate of drug-likeness (QED) is 0.515. The van der Waals surface area contributed by atoms with E-state index < -0.39 is 0 Å². The predicted octanol–water partition coefficient (Wildman–Crippen LogP) is 3.69. The van der Waals surface area contributed by atoms with Crippen molar-refractivity contribution in [1.29, 1.82) is 0 Å². The second kappa shape index (κ2) is 7.69. The number of nitrogens with zero attached hydrogens (tertiary/aromatic N) is 3. The Morgan fingerprint density at radius 3 is 2.36 bits per heavy atom. The maximum absolute atomic E-state index is 12.3. The number of carbonyl (C=O) groups is 1.